The molecule has 35 heavy (non-hydrogen) atoms. The van der Waals surface area contributed by atoms with Crippen molar-refractivity contribution in [1.82, 2.24) is 19.9 Å². The van der Waals surface area contributed by atoms with Gasteiger partial charge in [0.25, 0.3) is 0 Å². The smallest absolute Gasteiger partial charge is 0.335 e. The molecule has 0 amide bonds. The highest BCUT2D eigenvalue weighted by atomic mass is 32.1. The van der Waals surface area contributed by atoms with Crippen LogP contribution in [0.3, 0.4) is 0 Å². The summed E-state index contributed by atoms with van der Waals surface area (Å²) in [4.78, 5) is 41.4. The molecule has 0 aliphatic rings. The summed E-state index contributed by atoms with van der Waals surface area (Å²) in [5.41, 5.74) is 2.20. The number of hydrogen-bond acceptors (Lipinski definition) is 7. The van der Waals surface area contributed by atoms with Crippen molar-refractivity contribution in [3.63, 3.8) is 0 Å². The fraction of sp³-hybridized carbons (Fsp3) is 0. The number of fused-ring (bicyclic) bond motifs is 1. The fourth-order valence-corrected chi connectivity index (χ4v) is 4.41. The highest BCUT2D eigenvalue weighted by Gasteiger charge is 2.14. The first-order valence-corrected chi connectivity index (χ1v) is 11.2. The lowest BCUT2D eigenvalue weighted by Gasteiger charge is -2.08. The molecule has 0 saturated heterocycles. The van der Waals surface area contributed by atoms with Crippen LogP contribution in [0.15, 0.2) is 73.3 Å². The predicted octanol–water partition coefficient (Wildman–Crippen LogP) is 5.38. The third-order valence-corrected chi connectivity index (χ3v) is 6.22. The largest absolute Gasteiger partial charge is 0.478 e. The van der Waals surface area contributed by atoms with E-state index in [0.29, 0.717) is 11.4 Å². The number of carboxylic acids is 2. The Labute approximate surface area is 202 Å². The van der Waals surface area contributed by atoms with Gasteiger partial charge in [-0.2, -0.15) is 0 Å². The van der Waals surface area contributed by atoms with E-state index in [9.17, 15) is 19.8 Å². The van der Waals surface area contributed by atoms with Crippen LogP contribution in [-0.2, 0) is 0 Å². The second kappa shape index (κ2) is 9.24. The maximum Gasteiger partial charge on any atom is 0.335 e. The molecule has 0 fully saturated rings. The van der Waals surface area contributed by atoms with E-state index in [1.54, 1.807) is 23.7 Å². The molecule has 5 aromatic rings. The van der Waals surface area contributed by atoms with Gasteiger partial charge in [-0.05, 0) is 65.6 Å². The van der Waals surface area contributed by atoms with Crippen LogP contribution in [0.5, 0.6) is 0 Å². The average molecular weight is 481 g/mol. The average Bonchev–Trinajstić information content (AvgIpc) is 3.30. The number of pyridine rings is 4. The summed E-state index contributed by atoms with van der Waals surface area (Å²) in [6, 6.07) is 13.2. The molecule has 0 bridgehead atoms. The van der Waals surface area contributed by atoms with Gasteiger partial charge in [-0.15, -0.1) is 11.3 Å². The predicted molar refractivity (Wildman–Crippen MR) is 133 cm³/mol. The second-order valence-electron chi connectivity index (χ2n) is 7.54. The summed E-state index contributed by atoms with van der Waals surface area (Å²) in [6.07, 6.45) is 10.5. The van der Waals surface area contributed by atoms with Crippen molar-refractivity contribution >= 4 is 45.5 Å². The molecule has 0 radical (unpaired) electrons. The number of aromatic nitrogens is 4. The number of aromatic carboxylic acids is 2. The third-order valence-electron chi connectivity index (χ3n) is 5.17. The van der Waals surface area contributed by atoms with Gasteiger partial charge in [0.15, 0.2) is 0 Å². The van der Waals surface area contributed by atoms with Gasteiger partial charge in [0.1, 0.15) is 0 Å². The lowest BCUT2D eigenvalue weighted by atomic mass is 10.1. The lowest BCUT2D eigenvalue weighted by molar-refractivity contribution is 0.0686. The maximum atomic E-state index is 11.8. The lowest BCUT2D eigenvalue weighted by Crippen LogP contribution is -2.02. The van der Waals surface area contributed by atoms with E-state index in [1.165, 1.54) is 30.5 Å². The summed E-state index contributed by atoms with van der Waals surface area (Å²) in [5, 5.41) is 20.0. The van der Waals surface area contributed by atoms with Crippen LogP contribution in [-0.4, -0.2) is 42.1 Å². The zero-order chi connectivity index (χ0) is 24.4. The Morgan fingerprint density at radius 3 is 2.14 bits per heavy atom. The molecule has 8 nitrogen and oxygen atoms in total. The van der Waals surface area contributed by atoms with E-state index in [-0.39, 0.29) is 22.5 Å². The number of rotatable bonds is 6. The fourth-order valence-electron chi connectivity index (χ4n) is 3.48. The number of thiophene rings is 1. The van der Waals surface area contributed by atoms with E-state index in [4.69, 9.17) is 0 Å². The van der Waals surface area contributed by atoms with E-state index in [1.807, 2.05) is 36.5 Å². The minimum absolute atomic E-state index is 0.00541. The van der Waals surface area contributed by atoms with Crippen molar-refractivity contribution in [3.05, 3.63) is 94.9 Å². The molecule has 5 rings (SSSR count). The molecular weight excluding hydrogens is 464 g/mol. The Balaban J connectivity index is 1.52. The van der Waals surface area contributed by atoms with Crippen LogP contribution in [0, 0.1) is 0 Å². The monoisotopic (exact) mass is 480 g/mol. The molecule has 0 unspecified atom stereocenters. The second-order valence-corrected chi connectivity index (χ2v) is 8.65. The summed E-state index contributed by atoms with van der Waals surface area (Å²) in [6.45, 7) is 0. The highest BCUT2D eigenvalue weighted by Crippen LogP contribution is 2.27. The minimum atomic E-state index is -1.14. The normalized spacial score (nSPS) is 11.2. The number of hydrogen-bond donors (Lipinski definition) is 2. The molecule has 9 heteroatoms. The summed E-state index contributed by atoms with van der Waals surface area (Å²) in [7, 11) is 0. The van der Waals surface area contributed by atoms with Crippen molar-refractivity contribution < 1.29 is 19.8 Å². The zero-order valence-electron chi connectivity index (χ0n) is 18.0. The van der Waals surface area contributed by atoms with Gasteiger partial charge >= 0.3 is 11.9 Å². The molecule has 0 aromatic carbocycles. The number of carbonyl (C=O) groups is 2. The number of nitrogens with zero attached hydrogens (tertiary/aromatic N) is 4. The zero-order valence-corrected chi connectivity index (χ0v) is 18.8. The van der Waals surface area contributed by atoms with E-state index >= 15 is 0 Å². The first-order chi connectivity index (χ1) is 17.0. The van der Waals surface area contributed by atoms with Crippen molar-refractivity contribution in [2.45, 2.75) is 0 Å². The molecule has 2 N–H and O–H groups in total. The van der Waals surface area contributed by atoms with Gasteiger partial charge in [-0.25, -0.2) is 14.6 Å². The van der Waals surface area contributed by atoms with Gasteiger partial charge in [0.05, 0.1) is 38.6 Å². The summed E-state index contributed by atoms with van der Waals surface area (Å²) < 4.78 is 1.10. The molecule has 0 aliphatic carbocycles. The molecule has 170 valence electrons. The minimum Gasteiger partial charge on any atom is -0.478 e. The Kier molecular flexibility index (Phi) is 5.82. The molecule has 0 spiro atoms. The Bertz CT molecular complexity index is 1590. The van der Waals surface area contributed by atoms with E-state index in [0.717, 1.165) is 20.5 Å². The molecule has 5 aromatic heterocycles. The van der Waals surface area contributed by atoms with Crippen molar-refractivity contribution in [3.8, 4) is 22.8 Å². The standard InChI is InChI=1S/C26H16N4O4S/c31-25(32)17-5-8-29-21(11-17)23-13-18(26(33)34)12-22(30-23)20-9-15(3-7-28-20)1-2-19-10-16-4-6-27-14-24(16)35-19/h1-14H,(H,31,32)(H,33,34)/b2-1+. The van der Waals surface area contributed by atoms with E-state index in [2.05, 4.69) is 26.0 Å². The molecule has 5 heterocycles. The summed E-state index contributed by atoms with van der Waals surface area (Å²) >= 11 is 1.63. The molecule has 0 saturated carbocycles. The Hall–Kier alpha value is -4.76. The van der Waals surface area contributed by atoms with Gasteiger partial charge in [-0.3, -0.25) is 15.0 Å². The van der Waals surface area contributed by atoms with Gasteiger partial charge in [0.2, 0.25) is 0 Å². The van der Waals surface area contributed by atoms with Crippen LogP contribution >= 0.6 is 11.3 Å². The van der Waals surface area contributed by atoms with Crippen molar-refractivity contribution in [2.75, 3.05) is 0 Å². The van der Waals surface area contributed by atoms with Crippen molar-refractivity contribution in [2.24, 2.45) is 0 Å². The van der Waals surface area contributed by atoms with Crippen LogP contribution < -0.4 is 0 Å². The van der Waals surface area contributed by atoms with Crippen LogP contribution in [0.4, 0.5) is 0 Å². The van der Waals surface area contributed by atoms with Gasteiger partial charge < -0.3 is 10.2 Å². The third kappa shape index (κ3) is 4.80. The Morgan fingerprint density at radius 1 is 0.743 bits per heavy atom. The number of carboxylic acid groups (broad SMARTS) is 2. The van der Waals surface area contributed by atoms with Gasteiger partial charge in [0, 0.05) is 29.7 Å². The molecular formula is C26H16N4O4S. The first-order valence-electron chi connectivity index (χ1n) is 10.4. The van der Waals surface area contributed by atoms with Crippen molar-refractivity contribution in [1.29, 1.82) is 0 Å². The molecule has 0 aliphatic heterocycles. The first kappa shape index (κ1) is 22.1. The maximum absolute atomic E-state index is 11.8. The topological polar surface area (TPSA) is 126 Å². The Morgan fingerprint density at radius 2 is 1.43 bits per heavy atom. The SMILES string of the molecule is O=C(O)c1ccnc(-c2cc(C(=O)O)cc(-c3cc(/C=C/c4cc5ccncc5s4)ccn3)n2)c1. The van der Waals surface area contributed by atoms with Gasteiger partial charge in [-0.1, -0.05) is 6.08 Å². The quantitative estimate of drug-likeness (QED) is 0.332. The molecule has 0 atom stereocenters. The van der Waals surface area contributed by atoms with Crippen LogP contribution in [0.25, 0.3) is 45.0 Å². The summed E-state index contributed by atoms with van der Waals surface area (Å²) in [5.74, 6) is -2.25. The van der Waals surface area contributed by atoms with E-state index < -0.39 is 11.9 Å². The highest BCUT2D eigenvalue weighted by molar-refractivity contribution is 7.19. The van der Waals surface area contributed by atoms with Crippen LogP contribution in [0.1, 0.15) is 31.2 Å². The van der Waals surface area contributed by atoms with Crippen LogP contribution in [0.2, 0.25) is 0 Å².